The summed E-state index contributed by atoms with van der Waals surface area (Å²) in [5, 5.41) is 151. The van der Waals surface area contributed by atoms with Gasteiger partial charge in [0.05, 0.1) is 44.2 Å². The maximum atomic E-state index is 12.8. The van der Waals surface area contributed by atoms with Crippen molar-refractivity contribution in [3.8, 4) is 0 Å². The average molecular weight is 1080 g/mol. The van der Waals surface area contributed by atoms with E-state index < -0.39 is 165 Å². The molecule has 0 bridgehead atoms. The van der Waals surface area contributed by atoms with E-state index in [2.05, 4.69) is 40.7 Å². The molecule has 4 aliphatic heterocycles. The molecule has 4 heterocycles. The summed E-state index contributed by atoms with van der Waals surface area (Å²) in [7, 11) is 0. The maximum absolute atomic E-state index is 12.8. The summed E-state index contributed by atoms with van der Waals surface area (Å²) >= 11 is 0. The van der Waals surface area contributed by atoms with Gasteiger partial charge >= 0.3 is 0 Å². The first-order valence-electron chi connectivity index (χ1n) is 27.3. The largest absolute Gasteiger partial charge is 0.394 e. The zero-order chi connectivity index (χ0) is 55.1. The fourth-order valence-corrected chi connectivity index (χ4v) is 16.0. The van der Waals surface area contributed by atoms with E-state index in [9.17, 15) is 71.5 Å². The van der Waals surface area contributed by atoms with Gasteiger partial charge in [0.25, 0.3) is 0 Å². The minimum atomic E-state index is -1.75. The molecule has 75 heavy (non-hydrogen) atoms. The van der Waals surface area contributed by atoms with Gasteiger partial charge in [-0.1, -0.05) is 46.3 Å². The fraction of sp³-hybridized carbons (Fsp3) is 0.962. The molecule has 0 radical (unpaired) electrons. The van der Waals surface area contributed by atoms with Crippen molar-refractivity contribution in [2.24, 2.45) is 45.3 Å². The molecule has 0 aromatic rings. The van der Waals surface area contributed by atoms with Crippen LogP contribution in [0.15, 0.2) is 11.6 Å². The number of hydrogen-bond donors (Lipinski definition) is 14. The summed E-state index contributed by atoms with van der Waals surface area (Å²) in [6.45, 7) is 15.1. The molecule has 8 aliphatic rings. The van der Waals surface area contributed by atoms with Crippen LogP contribution >= 0.6 is 0 Å². The van der Waals surface area contributed by atoms with Gasteiger partial charge < -0.3 is 109 Å². The average Bonchev–Trinajstić information content (AvgIpc) is 3.75. The van der Waals surface area contributed by atoms with Crippen molar-refractivity contribution in [1.82, 2.24) is 0 Å². The Morgan fingerprint density at radius 2 is 1.16 bits per heavy atom. The highest BCUT2D eigenvalue weighted by molar-refractivity contribution is 5.20. The second-order valence-corrected chi connectivity index (χ2v) is 25.3. The van der Waals surface area contributed by atoms with Crippen molar-refractivity contribution in [2.75, 3.05) is 26.4 Å². The van der Waals surface area contributed by atoms with Crippen molar-refractivity contribution in [1.29, 1.82) is 0 Å². The maximum Gasteiger partial charge on any atom is 0.187 e. The lowest BCUT2D eigenvalue weighted by atomic mass is 9.35. The number of aliphatic hydroxyl groups is 14. The van der Waals surface area contributed by atoms with Crippen molar-refractivity contribution in [2.45, 2.75) is 248 Å². The minimum Gasteiger partial charge on any atom is -0.394 e. The third-order valence-corrected chi connectivity index (χ3v) is 20.5. The number of rotatable bonds is 15. The summed E-state index contributed by atoms with van der Waals surface area (Å²) in [6, 6.07) is 0. The summed E-state index contributed by atoms with van der Waals surface area (Å²) in [5.74, 6) is -0.389. The van der Waals surface area contributed by atoms with Crippen LogP contribution in [0, 0.1) is 45.3 Å². The lowest BCUT2D eigenvalue weighted by Crippen LogP contribution is -2.68. The zero-order valence-corrected chi connectivity index (χ0v) is 44.7. The molecule has 0 aromatic carbocycles. The van der Waals surface area contributed by atoms with E-state index in [0.29, 0.717) is 38.5 Å². The second-order valence-electron chi connectivity index (χ2n) is 25.3. The van der Waals surface area contributed by atoms with Gasteiger partial charge in [0.2, 0.25) is 0 Å². The molecule has 0 aromatic heterocycles. The van der Waals surface area contributed by atoms with Gasteiger partial charge in [0, 0.05) is 0 Å². The Balaban J connectivity index is 1.01. The summed E-state index contributed by atoms with van der Waals surface area (Å²) < 4.78 is 48.8. The van der Waals surface area contributed by atoms with Crippen LogP contribution in [0.3, 0.4) is 0 Å². The van der Waals surface area contributed by atoms with E-state index in [4.69, 9.17) is 37.9 Å². The van der Waals surface area contributed by atoms with E-state index >= 15 is 0 Å². The Bertz CT molecular complexity index is 1940. The van der Waals surface area contributed by atoms with Crippen LogP contribution in [-0.2, 0) is 37.9 Å². The molecular formula is C53H90O22. The molecule has 8 fully saturated rings. The Morgan fingerprint density at radius 3 is 1.80 bits per heavy atom. The SMILES string of the molecule is CC(C)=CCCC(C)(OC1OC(COC2OC(CO)C(O)C(O)C2O)C(O)C(O)C1O)C1CCC2(C)C1C(O)CC1C3(C)CCC(OC4OC(CO)C(O)C(O)C4OC4OCC(O)C(O)C4O)C(C)(C)C3CCC12C. The molecule has 434 valence electrons. The lowest BCUT2D eigenvalue weighted by Gasteiger charge is -2.71. The van der Waals surface area contributed by atoms with Gasteiger partial charge in [-0.2, -0.15) is 0 Å². The minimum absolute atomic E-state index is 0.0610. The first-order chi connectivity index (χ1) is 35.1. The molecule has 4 saturated heterocycles. The summed E-state index contributed by atoms with van der Waals surface area (Å²) in [4.78, 5) is 0. The van der Waals surface area contributed by atoms with E-state index in [1.807, 2.05) is 20.8 Å². The van der Waals surface area contributed by atoms with E-state index in [-0.39, 0.29) is 41.1 Å². The summed E-state index contributed by atoms with van der Waals surface area (Å²) in [6.07, 6.45) is -22.4. The zero-order valence-electron chi connectivity index (χ0n) is 44.7. The monoisotopic (exact) mass is 1080 g/mol. The number of allylic oxidation sites excluding steroid dienone is 2. The van der Waals surface area contributed by atoms with Crippen molar-refractivity contribution < 1.29 is 109 Å². The number of hydrogen-bond acceptors (Lipinski definition) is 22. The highest BCUT2D eigenvalue weighted by atomic mass is 16.8. The van der Waals surface area contributed by atoms with Gasteiger partial charge in [-0.05, 0) is 124 Å². The van der Waals surface area contributed by atoms with Crippen LogP contribution in [0.5, 0.6) is 0 Å². The van der Waals surface area contributed by atoms with E-state index in [1.54, 1.807) is 0 Å². The van der Waals surface area contributed by atoms with Gasteiger partial charge in [0.1, 0.15) is 91.6 Å². The lowest BCUT2D eigenvalue weighted by molar-refractivity contribution is -0.371. The Hall–Kier alpha value is -1.14. The Labute approximate surface area is 439 Å². The molecule has 22 heteroatoms. The van der Waals surface area contributed by atoms with Crippen LogP contribution in [0.1, 0.15) is 113 Å². The first-order valence-corrected chi connectivity index (χ1v) is 27.3. The van der Waals surface area contributed by atoms with Gasteiger partial charge in [-0.15, -0.1) is 0 Å². The third kappa shape index (κ3) is 10.6. The van der Waals surface area contributed by atoms with E-state index in [1.165, 1.54) is 0 Å². The predicted octanol–water partition coefficient (Wildman–Crippen LogP) is -1.56. The normalized spacial score (nSPS) is 52.7. The van der Waals surface area contributed by atoms with Crippen LogP contribution < -0.4 is 0 Å². The van der Waals surface area contributed by atoms with Gasteiger partial charge in [-0.3, -0.25) is 0 Å². The molecule has 29 atom stereocenters. The molecule has 0 amide bonds. The smallest absolute Gasteiger partial charge is 0.187 e. The standard InChI is InChI=1S/C53H90O22/c1-23(2)10-9-14-53(8,75-47-43(67)39(63)37(61)29(72-47)22-69-45-42(66)38(62)35(59)27(19-54)70-45)24-11-16-52(7)33(24)25(56)18-31-50(5)15-13-32(49(3,4)30(50)12-17-51(31,52)6)73-48-44(40(64)36(60)28(20-55)71-48)74-46-41(65)34(58)26(57)21-68-46/h10,24-48,54-67H,9,11-22H2,1-8H3. The van der Waals surface area contributed by atoms with E-state index in [0.717, 1.165) is 24.8 Å². The van der Waals surface area contributed by atoms with Crippen LogP contribution in [0.25, 0.3) is 0 Å². The van der Waals surface area contributed by atoms with Gasteiger partial charge in [-0.25, -0.2) is 0 Å². The summed E-state index contributed by atoms with van der Waals surface area (Å²) in [5.41, 5.74) is -1.46. The van der Waals surface area contributed by atoms with Crippen LogP contribution in [0.2, 0.25) is 0 Å². The van der Waals surface area contributed by atoms with Gasteiger partial charge in [0.15, 0.2) is 25.2 Å². The van der Waals surface area contributed by atoms with Crippen molar-refractivity contribution >= 4 is 0 Å². The fourth-order valence-electron chi connectivity index (χ4n) is 16.0. The molecule has 4 aliphatic carbocycles. The van der Waals surface area contributed by atoms with Crippen molar-refractivity contribution in [3.05, 3.63) is 11.6 Å². The molecular weight excluding hydrogens is 989 g/mol. The highest BCUT2D eigenvalue weighted by Crippen LogP contribution is 2.76. The molecule has 8 rings (SSSR count). The third-order valence-electron chi connectivity index (χ3n) is 20.5. The number of aliphatic hydroxyl groups excluding tert-OH is 14. The topological polar surface area (TPSA) is 357 Å². The predicted molar refractivity (Wildman–Crippen MR) is 260 cm³/mol. The molecule has 0 spiro atoms. The molecule has 22 nitrogen and oxygen atoms in total. The highest BCUT2D eigenvalue weighted by Gasteiger charge is 2.72. The first kappa shape index (κ1) is 60.0. The van der Waals surface area contributed by atoms with Crippen LogP contribution in [-0.4, -0.2) is 232 Å². The number of fused-ring (bicyclic) bond motifs is 5. The molecule has 14 N–H and O–H groups in total. The number of ether oxygens (including phenoxy) is 8. The van der Waals surface area contributed by atoms with Crippen LogP contribution in [0.4, 0.5) is 0 Å². The Kier molecular flexibility index (Phi) is 18.1. The second kappa shape index (κ2) is 22.7. The van der Waals surface area contributed by atoms with Crippen molar-refractivity contribution in [3.63, 3.8) is 0 Å². The Morgan fingerprint density at radius 1 is 0.587 bits per heavy atom. The molecule has 29 unspecified atom stereocenters. The quantitative estimate of drug-likeness (QED) is 0.0651. The molecule has 4 saturated carbocycles.